The third kappa shape index (κ3) is 10.1. The minimum atomic E-state index is -4.19. The first-order valence-corrected chi connectivity index (χ1v) is 5.52. The van der Waals surface area contributed by atoms with E-state index in [-0.39, 0.29) is 59.1 Å². The van der Waals surface area contributed by atoms with Crippen LogP contribution in [0.15, 0.2) is 0 Å². The number of hydrogen-bond acceptors (Lipinski definition) is 2. The van der Waals surface area contributed by atoms with Gasteiger partial charge in [0.05, 0.1) is 0 Å². The second kappa shape index (κ2) is 9.82. The molecule has 0 aliphatic carbocycles. The van der Waals surface area contributed by atoms with Gasteiger partial charge in [-0.25, -0.2) is 0 Å². The van der Waals surface area contributed by atoms with Gasteiger partial charge in [-0.1, -0.05) is 0 Å². The van der Waals surface area contributed by atoms with Gasteiger partial charge in [0.1, 0.15) is 6.16 Å². The van der Waals surface area contributed by atoms with Gasteiger partial charge in [-0.2, -0.15) is 0 Å². The van der Waals surface area contributed by atoms with Gasteiger partial charge in [-0.05, 0) is 13.8 Å². The molecule has 0 fully saturated rings. The summed E-state index contributed by atoms with van der Waals surface area (Å²) in [5.41, 5.74) is 0. The van der Waals surface area contributed by atoms with Crippen molar-refractivity contribution in [2.75, 3.05) is 19.3 Å². The van der Waals surface area contributed by atoms with Crippen molar-refractivity contribution in [1.82, 2.24) is 4.90 Å². The predicted molar refractivity (Wildman–Crippen MR) is 56.3 cm³/mol. The van der Waals surface area contributed by atoms with E-state index >= 15 is 0 Å². The van der Waals surface area contributed by atoms with Crippen LogP contribution in [0.1, 0.15) is 13.8 Å². The standard InChI is InChI=1S/C6H14NO4P.2Na/c1-3-7(4-2)6(8)5-12(9,10)11;;/h3-5H2,1-2H3,(H2,9,10,11);;. The Morgan fingerprint density at radius 1 is 1.21 bits per heavy atom. The molecule has 74 valence electrons. The van der Waals surface area contributed by atoms with Crippen LogP contribution in [0.2, 0.25) is 0 Å². The molecule has 0 atom stereocenters. The Balaban J connectivity index is -0.000000605. The summed E-state index contributed by atoms with van der Waals surface area (Å²) in [5, 5.41) is 0. The second-order valence-corrected chi connectivity index (χ2v) is 4.03. The molecule has 0 saturated heterocycles. The zero-order valence-electron chi connectivity index (χ0n) is 9.23. The molecule has 0 rings (SSSR count). The molecule has 0 aromatic rings. The molecule has 0 spiro atoms. The first-order chi connectivity index (χ1) is 5.40. The van der Waals surface area contributed by atoms with Crippen molar-refractivity contribution in [3.05, 3.63) is 0 Å². The first kappa shape index (κ1) is 21.0. The summed E-state index contributed by atoms with van der Waals surface area (Å²) in [6.45, 7) is 4.49. The normalized spacial score (nSPS) is 9.71. The molecular formula is C6H14NNa2O4P. The van der Waals surface area contributed by atoms with Gasteiger partial charge in [-0.15, -0.1) is 0 Å². The van der Waals surface area contributed by atoms with Gasteiger partial charge in [0, 0.05) is 72.2 Å². The number of nitrogens with zero attached hydrogens (tertiary/aromatic N) is 1. The zero-order chi connectivity index (χ0) is 9.78. The van der Waals surface area contributed by atoms with Crippen LogP contribution in [-0.2, 0) is 9.36 Å². The van der Waals surface area contributed by atoms with Gasteiger partial charge in [0.15, 0.2) is 0 Å². The molecule has 0 aromatic carbocycles. The molecule has 2 N–H and O–H groups in total. The smallest absolute Gasteiger partial charge is 0.334 e. The third-order valence-corrected chi connectivity index (χ3v) is 2.14. The van der Waals surface area contributed by atoms with Crippen LogP contribution >= 0.6 is 7.60 Å². The Labute approximate surface area is 128 Å². The minimum Gasteiger partial charge on any atom is -0.343 e. The van der Waals surface area contributed by atoms with Gasteiger partial charge < -0.3 is 14.7 Å². The monoisotopic (exact) mass is 241 g/mol. The zero-order valence-corrected chi connectivity index (χ0v) is 14.1. The van der Waals surface area contributed by atoms with Crippen molar-refractivity contribution in [1.29, 1.82) is 0 Å². The Bertz CT molecular complexity index is 204. The van der Waals surface area contributed by atoms with E-state index in [0.717, 1.165) is 0 Å². The predicted octanol–water partition coefficient (Wildman–Crippen LogP) is -0.729. The van der Waals surface area contributed by atoms with E-state index in [2.05, 4.69) is 0 Å². The van der Waals surface area contributed by atoms with Crippen LogP contribution in [0, 0.1) is 0 Å². The quantitative estimate of drug-likeness (QED) is 0.502. The van der Waals surface area contributed by atoms with E-state index in [1.165, 1.54) is 4.90 Å². The molecule has 0 heterocycles. The summed E-state index contributed by atoms with van der Waals surface area (Å²) in [5.74, 6) is -0.492. The van der Waals surface area contributed by atoms with Crippen LogP contribution in [0.3, 0.4) is 0 Å². The molecule has 14 heavy (non-hydrogen) atoms. The summed E-state index contributed by atoms with van der Waals surface area (Å²) in [6, 6.07) is 0. The van der Waals surface area contributed by atoms with Gasteiger partial charge in [0.2, 0.25) is 5.91 Å². The van der Waals surface area contributed by atoms with Gasteiger partial charge >= 0.3 is 7.60 Å². The molecule has 0 aliphatic rings. The maximum atomic E-state index is 11.1. The minimum absolute atomic E-state index is 0. The van der Waals surface area contributed by atoms with Crippen LogP contribution in [0.25, 0.3) is 0 Å². The van der Waals surface area contributed by atoms with Crippen molar-refractivity contribution in [2.45, 2.75) is 13.8 Å². The van der Waals surface area contributed by atoms with Crippen molar-refractivity contribution in [3.63, 3.8) is 0 Å². The Morgan fingerprint density at radius 3 is 1.79 bits per heavy atom. The first-order valence-electron chi connectivity index (χ1n) is 3.73. The van der Waals surface area contributed by atoms with Gasteiger partial charge in [0.25, 0.3) is 0 Å². The van der Waals surface area contributed by atoms with Crippen LogP contribution in [-0.4, -0.2) is 99.0 Å². The van der Waals surface area contributed by atoms with Crippen molar-refractivity contribution in [3.8, 4) is 0 Å². The molecule has 5 nitrogen and oxygen atoms in total. The molecular weight excluding hydrogens is 227 g/mol. The largest absolute Gasteiger partial charge is 0.343 e. The number of carbonyl (C=O) groups excluding carboxylic acids is 1. The number of amides is 1. The van der Waals surface area contributed by atoms with Crippen molar-refractivity contribution in [2.24, 2.45) is 0 Å². The van der Waals surface area contributed by atoms with E-state index in [4.69, 9.17) is 9.79 Å². The maximum absolute atomic E-state index is 11.1. The molecule has 0 saturated carbocycles. The molecule has 8 heteroatoms. The van der Waals surface area contributed by atoms with E-state index < -0.39 is 19.7 Å². The molecule has 2 radical (unpaired) electrons. The van der Waals surface area contributed by atoms with Crippen LogP contribution in [0.5, 0.6) is 0 Å². The van der Waals surface area contributed by atoms with E-state index in [0.29, 0.717) is 13.1 Å². The maximum Gasteiger partial charge on any atom is 0.334 e. The molecule has 0 unspecified atom stereocenters. The number of hydrogen-bond donors (Lipinski definition) is 2. The third-order valence-electron chi connectivity index (χ3n) is 1.46. The molecule has 1 amide bonds. The summed E-state index contributed by atoms with van der Waals surface area (Å²) >= 11 is 0. The van der Waals surface area contributed by atoms with E-state index in [1.807, 2.05) is 0 Å². The molecule has 0 aromatic heterocycles. The van der Waals surface area contributed by atoms with Crippen molar-refractivity contribution < 1.29 is 19.1 Å². The van der Waals surface area contributed by atoms with E-state index in [1.54, 1.807) is 13.8 Å². The second-order valence-electron chi connectivity index (χ2n) is 2.39. The van der Waals surface area contributed by atoms with Gasteiger partial charge in [-0.3, -0.25) is 9.36 Å². The number of rotatable bonds is 4. The van der Waals surface area contributed by atoms with Crippen LogP contribution in [0.4, 0.5) is 0 Å². The fourth-order valence-electron chi connectivity index (χ4n) is 0.853. The summed E-state index contributed by atoms with van der Waals surface area (Å²) in [6.07, 6.45) is -0.686. The molecule has 0 bridgehead atoms. The van der Waals surface area contributed by atoms with Crippen molar-refractivity contribution >= 4 is 72.6 Å². The SMILES string of the molecule is CCN(CC)C(=O)CP(=O)(O)O.[Na].[Na]. The fraction of sp³-hybridized carbons (Fsp3) is 0.833. The molecule has 0 aliphatic heterocycles. The van der Waals surface area contributed by atoms with E-state index in [9.17, 15) is 9.36 Å². The summed E-state index contributed by atoms with van der Waals surface area (Å²) < 4.78 is 10.4. The fourth-order valence-corrected chi connectivity index (χ4v) is 1.40. The Morgan fingerprint density at radius 2 is 1.57 bits per heavy atom. The Kier molecular flexibility index (Phi) is 14.7. The summed E-state index contributed by atoms with van der Waals surface area (Å²) in [4.78, 5) is 29.4. The average molecular weight is 241 g/mol. The average Bonchev–Trinajstić information content (AvgIpc) is 1.85. The Hall–Kier alpha value is 1.62. The number of carbonyl (C=O) groups is 1. The topological polar surface area (TPSA) is 77.8 Å². The van der Waals surface area contributed by atoms with Crippen LogP contribution < -0.4 is 0 Å². The summed E-state index contributed by atoms with van der Waals surface area (Å²) in [7, 11) is -4.19.